The van der Waals surface area contributed by atoms with Gasteiger partial charge in [0.2, 0.25) is 0 Å². The molecule has 1 aromatic carbocycles. The average Bonchev–Trinajstić information content (AvgIpc) is 3.27. The van der Waals surface area contributed by atoms with Crippen molar-refractivity contribution in [3.8, 4) is 0 Å². The SMILES string of the molecule is O=S1(=O)CC[C@@H](NN([C@H]2CCS(=O)(=O)C2)S(=O)(=O)c2ccc(C3CCCCC3)cc2)C1. The van der Waals surface area contributed by atoms with Crippen molar-refractivity contribution in [1.82, 2.24) is 9.84 Å². The fourth-order valence-corrected chi connectivity index (χ4v) is 9.90. The lowest BCUT2D eigenvalue weighted by Gasteiger charge is -2.30. The summed E-state index contributed by atoms with van der Waals surface area (Å²) >= 11 is 0. The summed E-state index contributed by atoms with van der Waals surface area (Å²) in [6.07, 6.45) is 6.31. The molecule has 0 amide bonds. The Morgan fingerprint density at radius 2 is 1.42 bits per heavy atom. The van der Waals surface area contributed by atoms with Gasteiger partial charge >= 0.3 is 0 Å². The topological polar surface area (TPSA) is 118 Å². The first-order valence-electron chi connectivity index (χ1n) is 10.9. The summed E-state index contributed by atoms with van der Waals surface area (Å²) in [4.78, 5) is 0.0877. The number of rotatable bonds is 6. The number of hydrogen-bond donors (Lipinski definition) is 1. The largest absolute Gasteiger partial charge is 0.256 e. The van der Waals surface area contributed by atoms with Crippen LogP contribution in [-0.2, 0) is 29.7 Å². The smallest absolute Gasteiger partial charge is 0.237 e. The first kappa shape index (κ1) is 23.2. The predicted molar refractivity (Wildman–Crippen MR) is 119 cm³/mol. The van der Waals surface area contributed by atoms with Crippen molar-refractivity contribution in [3.05, 3.63) is 29.8 Å². The van der Waals surface area contributed by atoms with Crippen molar-refractivity contribution in [2.24, 2.45) is 0 Å². The normalized spacial score (nSPS) is 28.8. The summed E-state index contributed by atoms with van der Waals surface area (Å²) in [5.74, 6) is -0.0479. The molecule has 0 spiro atoms. The molecule has 0 aromatic heterocycles. The van der Waals surface area contributed by atoms with Crippen molar-refractivity contribution in [1.29, 1.82) is 0 Å². The first-order valence-corrected chi connectivity index (χ1v) is 16.0. The van der Waals surface area contributed by atoms with Gasteiger partial charge < -0.3 is 0 Å². The van der Waals surface area contributed by atoms with E-state index in [9.17, 15) is 25.3 Å². The Labute approximate surface area is 185 Å². The van der Waals surface area contributed by atoms with Gasteiger partial charge in [0.05, 0.1) is 33.9 Å². The number of sulfonamides is 1. The van der Waals surface area contributed by atoms with E-state index >= 15 is 0 Å². The number of hydrogen-bond acceptors (Lipinski definition) is 7. The summed E-state index contributed by atoms with van der Waals surface area (Å²) in [5.41, 5.74) is 4.00. The van der Waals surface area contributed by atoms with E-state index in [0.717, 1.165) is 22.8 Å². The van der Waals surface area contributed by atoms with Crippen LogP contribution in [0.2, 0.25) is 0 Å². The summed E-state index contributed by atoms with van der Waals surface area (Å²) in [5, 5.41) is 0. The quantitative estimate of drug-likeness (QED) is 0.602. The molecule has 1 saturated carbocycles. The second kappa shape index (κ2) is 8.74. The van der Waals surface area contributed by atoms with Crippen molar-refractivity contribution in [3.63, 3.8) is 0 Å². The second-order valence-electron chi connectivity index (χ2n) is 8.99. The van der Waals surface area contributed by atoms with Gasteiger partial charge in [0.1, 0.15) is 0 Å². The molecule has 1 N–H and O–H groups in total. The molecule has 4 rings (SSSR count). The minimum atomic E-state index is -4.04. The average molecular weight is 491 g/mol. The van der Waals surface area contributed by atoms with Crippen molar-refractivity contribution in [2.45, 2.75) is 67.8 Å². The second-order valence-corrected chi connectivity index (χ2v) is 15.3. The number of nitrogens with zero attached hydrogens (tertiary/aromatic N) is 1. The maximum absolute atomic E-state index is 13.5. The highest BCUT2D eigenvalue weighted by Gasteiger charge is 2.41. The fourth-order valence-electron chi connectivity index (χ4n) is 4.87. The maximum Gasteiger partial charge on any atom is 0.256 e. The standard InChI is InChI=1S/C20H30N2O6S3/c23-29(24)12-10-18(14-29)21-22(19-11-13-30(25,26)15-19)31(27,28)20-8-6-17(7-9-20)16-4-2-1-3-5-16/h6-9,16,18-19,21H,1-5,10-15H2/t18-,19+/m1/s1. The van der Waals surface area contributed by atoms with Crippen LogP contribution in [0.1, 0.15) is 56.4 Å². The molecule has 3 aliphatic rings. The lowest BCUT2D eigenvalue weighted by Crippen LogP contribution is -2.54. The van der Waals surface area contributed by atoms with Gasteiger partial charge in [0, 0.05) is 6.04 Å². The Kier molecular flexibility index (Phi) is 6.53. The minimum Gasteiger partial charge on any atom is -0.237 e. The molecule has 0 unspecified atom stereocenters. The van der Waals surface area contributed by atoms with Crippen LogP contribution in [-0.4, -0.2) is 64.8 Å². The number of benzene rings is 1. The molecular formula is C20H30N2O6S3. The van der Waals surface area contributed by atoms with Gasteiger partial charge in [0.25, 0.3) is 10.0 Å². The third-order valence-corrected chi connectivity index (χ3v) is 11.9. The third-order valence-electron chi connectivity index (χ3n) is 6.60. The number of nitrogens with one attached hydrogen (secondary N) is 1. The van der Waals surface area contributed by atoms with E-state index in [-0.39, 0.29) is 34.3 Å². The lowest BCUT2D eigenvalue weighted by molar-refractivity contribution is 0.229. The molecule has 11 heteroatoms. The predicted octanol–water partition coefficient (Wildman–Crippen LogP) is 1.60. The van der Waals surface area contributed by atoms with Gasteiger partial charge in [-0.05, 0) is 49.3 Å². The Morgan fingerprint density at radius 3 is 1.97 bits per heavy atom. The van der Waals surface area contributed by atoms with Crippen LogP contribution in [0.4, 0.5) is 0 Å². The highest BCUT2D eigenvalue weighted by molar-refractivity contribution is 7.92. The summed E-state index contributed by atoms with van der Waals surface area (Å²) in [6, 6.07) is 5.57. The van der Waals surface area contributed by atoms with Crippen LogP contribution in [0.15, 0.2) is 29.2 Å². The number of sulfone groups is 2. The van der Waals surface area contributed by atoms with E-state index in [4.69, 9.17) is 0 Å². The van der Waals surface area contributed by atoms with Crippen LogP contribution in [0.3, 0.4) is 0 Å². The zero-order valence-electron chi connectivity index (χ0n) is 17.4. The molecular weight excluding hydrogens is 460 g/mol. The molecule has 2 atom stereocenters. The molecule has 2 aliphatic heterocycles. The maximum atomic E-state index is 13.5. The van der Waals surface area contributed by atoms with Gasteiger partial charge in [-0.1, -0.05) is 31.4 Å². The molecule has 0 bridgehead atoms. The van der Waals surface area contributed by atoms with E-state index in [0.29, 0.717) is 12.3 Å². The molecule has 2 heterocycles. The Morgan fingerprint density at radius 1 is 0.806 bits per heavy atom. The van der Waals surface area contributed by atoms with Crippen LogP contribution in [0.25, 0.3) is 0 Å². The zero-order valence-corrected chi connectivity index (χ0v) is 19.9. The van der Waals surface area contributed by atoms with E-state index in [1.54, 1.807) is 12.1 Å². The fraction of sp³-hybridized carbons (Fsp3) is 0.700. The lowest BCUT2D eigenvalue weighted by atomic mass is 9.84. The summed E-state index contributed by atoms with van der Waals surface area (Å²) < 4.78 is 75.7. The van der Waals surface area contributed by atoms with Gasteiger partial charge in [-0.25, -0.2) is 30.7 Å². The molecule has 8 nitrogen and oxygen atoms in total. The van der Waals surface area contributed by atoms with Crippen LogP contribution >= 0.6 is 0 Å². The van der Waals surface area contributed by atoms with E-state index < -0.39 is 41.8 Å². The number of hydrazine groups is 1. The van der Waals surface area contributed by atoms with Crippen molar-refractivity contribution >= 4 is 29.7 Å². The van der Waals surface area contributed by atoms with Crippen molar-refractivity contribution < 1.29 is 25.3 Å². The van der Waals surface area contributed by atoms with E-state index in [1.165, 1.54) is 19.3 Å². The molecule has 0 radical (unpaired) electrons. The highest BCUT2D eigenvalue weighted by atomic mass is 32.2. The molecule has 31 heavy (non-hydrogen) atoms. The Hall–Kier alpha value is -1.01. The first-order chi connectivity index (χ1) is 14.6. The Balaban J connectivity index is 1.59. The molecule has 174 valence electrons. The van der Waals surface area contributed by atoms with E-state index in [2.05, 4.69) is 5.43 Å². The van der Waals surface area contributed by atoms with E-state index in [1.807, 2.05) is 12.1 Å². The van der Waals surface area contributed by atoms with Crippen molar-refractivity contribution in [2.75, 3.05) is 23.0 Å². The monoisotopic (exact) mass is 490 g/mol. The Bertz CT molecular complexity index is 1110. The van der Waals surface area contributed by atoms with Crippen LogP contribution in [0, 0.1) is 0 Å². The summed E-state index contributed by atoms with van der Waals surface area (Å²) in [7, 11) is -10.6. The zero-order chi connectivity index (χ0) is 22.3. The molecule has 3 fully saturated rings. The molecule has 2 saturated heterocycles. The van der Waals surface area contributed by atoms with Gasteiger partial charge in [-0.2, -0.15) is 0 Å². The minimum absolute atomic E-state index is 0.00238. The molecule has 1 aliphatic carbocycles. The van der Waals surface area contributed by atoms with Gasteiger partial charge in [-0.15, -0.1) is 4.41 Å². The highest BCUT2D eigenvalue weighted by Crippen LogP contribution is 2.33. The third kappa shape index (κ3) is 5.32. The van der Waals surface area contributed by atoms with Crippen LogP contribution in [0.5, 0.6) is 0 Å². The summed E-state index contributed by atoms with van der Waals surface area (Å²) in [6.45, 7) is 0. The van der Waals surface area contributed by atoms with Gasteiger partial charge in [0.15, 0.2) is 19.7 Å². The molecule has 1 aromatic rings. The van der Waals surface area contributed by atoms with Crippen LogP contribution < -0.4 is 5.43 Å². The van der Waals surface area contributed by atoms with Gasteiger partial charge in [-0.3, -0.25) is 0 Å².